The van der Waals surface area contributed by atoms with Crippen molar-refractivity contribution in [2.45, 2.75) is 49.7 Å². The number of carbonyl (C=O) groups is 2. The molecule has 6 nitrogen and oxygen atoms in total. The quantitative estimate of drug-likeness (QED) is 0.782. The number of likely N-dealkylation sites (N-methyl/N-ethyl adjacent to an activating group) is 1. The number of anilines is 1. The van der Waals surface area contributed by atoms with Gasteiger partial charge in [0.25, 0.3) is 0 Å². The van der Waals surface area contributed by atoms with E-state index in [0.717, 1.165) is 43.6 Å². The monoisotopic (exact) mass is 447 g/mol. The first kappa shape index (κ1) is 22.1. The highest BCUT2D eigenvalue weighted by molar-refractivity contribution is 6.03. The Bertz CT molecular complexity index is 1060. The molecule has 2 heterocycles. The minimum Gasteiger partial charge on any atom is -0.392 e. The van der Waals surface area contributed by atoms with Gasteiger partial charge < -0.3 is 14.9 Å². The van der Waals surface area contributed by atoms with Crippen LogP contribution in [0.15, 0.2) is 48.5 Å². The third-order valence-corrected chi connectivity index (χ3v) is 7.97. The third kappa shape index (κ3) is 3.75. The summed E-state index contributed by atoms with van der Waals surface area (Å²) in [5.41, 5.74) is 4.37. The number of para-hydroxylation sites is 1. The molecule has 1 spiro atoms. The molecule has 2 aromatic carbocycles. The molecule has 2 amide bonds. The lowest BCUT2D eigenvalue weighted by molar-refractivity contribution is -0.132. The summed E-state index contributed by atoms with van der Waals surface area (Å²) in [7, 11) is 3.49. The third-order valence-electron chi connectivity index (χ3n) is 7.97. The largest absolute Gasteiger partial charge is 0.392 e. The van der Waals surface area contributed by atoms with Gasteiger partial charge in [-0.2, -0.15) is 0 Å². The molecule has 1 saturated heterocycles. The van der Waals surface area contributed by atoms with Crippen molar-refractivity contribution in [1.29, 1.82) is 0 Å². The number of aliphatic hydroxyl groups excluding tert-OH is 1. The summed E-state index contributed by atoms with van der Waals surface area (Å²) < 4.78 is 0. The lowest BCUT2D eigenvalue weighted by Crippen LogP contribution is -2.50. The predicted molar refractivity (Wildman–Crippen MR) is 128 cm³/mol. The highest BCUT2D eigenvalue weighted by Crippen LogP contribution is 2.46. The Balaban J connectivity index is 1.24. The normalized spacial score (nSPS) is 23.4. The Morgan fingerprint density at radius 2 is 1.67 bits per heavy atom. The van der Waals surface area contributed by atoms with Crippen LogP contribution in [-0.2, 0) is 27.8 Å². The topological polar surface area (TPSA) is 64.1 Å². The van der Waals surface area contributed by atoms with Crippen LogP contribution in [0.3, 0.4) is 0 Å². The van der Waals surface area contributed by atoms with Gasteiger partial charge in [0, 0.05) is 44.6 Å². The van der Waals surface area contributed by atoms with E-state index in [1.54, 1.807) is 23.9 Å². The molecule has 3 aliphatic rings. The van der Waals surface area contributed by atoms with Crippen LogP contribution in [0, 0.1) is 0 Å². The molecule has 174 valence electrons. The Morgan fingerprint density at radius 1 is 1.00 bits per heavy atom. The van der Waals surface area contributed by atoms with Gasteiger partial charge in [-0.25, -0.2) is 0 Å². The van der Waals surface area contributed by atoms with Crippen LogP contribution >= 0.6 is 0 Å². The van der Waals surface area contributed by atoms with E-state index in [1.165, 1.54) is 11.1 Å². The van der Waals surface area contributed by atoms with Crippen LogP contribution in [0.25, 0.3) is 0 Å². The first-order chi connectivity index (χ1) is 15.9. The lowest BCUT2D eigenvalue weighted by Gasteiger charge is -2.42. The van der Waals surface area contributed by atoms with Crippen LogP contribution in [0.1, 0.15) is 36.0 Å². The molecule has 2 atom stereocenters. The van der Waals surface area contributed by atoms with Crippen molar-refractivity contribution >= 4 is 17.5 Å². The number of nitrogens with zero attached hydrogens (tertiary/aromatic N) is 3. The summed E-state index contributed by atoms with van der Waals surface area (Å²) in [6.07, 6.45) is 3.20. The van der Waals surface area contributed by atoms with Crippen molar-refractivity contribution in [2.24, 2.45) is 0 Å². The summed E-state index contributed by atoms with van der Waals surface area (Å²) in [5, 5.41) is 10.9. The van der Waals surface area contributed by atoms with E-state index in [0.29, 0.717) is 19.4 Å². The van der Waals surface area contributed by atoms with Gasteiger partial charge >= 0.3 is 0 Å². The van der Waals surface area contributed by atoms with Crippen LogP contribution in [0.2, 0.25) is 0 Å². The second kappa shape index (κ2) is 8.58. The standard InChI is InChI=1S/C27H33N3O3/c1-28(2)26(33)23-17-20-8-4-6-10-22(20)30(23)25(32)11-14-29-15-12-27(13-16-29)21-9-5-3-7-19(21)18-24(27)31/h3-10,23-24,31H,11-18H2,1-2H3. The fourth-order valence-corrected chi connectivity index (χ4v) is 6.11. The Labute approximate surface area is 195 Å². The summed E-state index contributed by atoms with van der Waals surface area (Å²) >= 11 is 0. The van der Waals surface area contributed by atoms with E-state index in [4.69, 9.17) is 0 Å². The first-order valence-corrected chi connectivity index (χ1v) is 12.0. The maximum absolute atomic E-state index is 13.3. The highest BCUT2D eigenvalue weighted by atomic mass is 16.3. The van der Waals surface area contributed by atoms with Gasteiger partial charge in [-0.15, -0.1) is 0 Å². The fraction of sp³-hybridized carbons (Fsp3) is 0.481. The van der Waals surface area contributed by atoms with Crippen molar-refractivity contribution in [2.75, 3.05) is 38.6 Å². The molecule has 1 aliphatic carbocycles. The Kier molecular flexibility index (Phi) is 5.75. The molecule has 2 unspecified atom stereocenters. The second-order valence-electron chi connectivity index (χ2n) is 9.97. The Hall–Kier alpha value is -2.70. The van der Waals surface area contributed by atoms with Gasteiger partial charge in [0.1, 0.15) is 6.04 Å². The van der Waals surface area contributed by atoms with E-state index in [-0.39, 0.29) is 23.3 Å². The molecular weight excluding hydrogens is 414 g/mol. The smallest absolute Gasteiger partial charge is 0.245 e. The average molecular weight is 448 g/mol. The number of likely N-dealkylation sites (tertiary alicyclic amines) is 1. The number of hydrogen-bond acceptors (Lipinski definition) is 4. The molecular formula is C27H33N3O3. The van der Waals surface area contributed by atoms with E-state index in [2.05, 4.69) is 29.2 Å². The number of aliphatic hydroxyl groups is 1. The van der Waals surface area contributed by atoms with E-state index >= 15 is 0 Å². The minimum absolute atomic E-state index is 0.00619. The van der Waals surface area contributed by atoms with Gasteiger partial charge in [0.15, 0.2) is 0 Å². The molecule has 33 heavy (non-hydrogen) atoms. The molecule has 6 heteroatoms. The van der Waals surface area contributed by atoms with E-state index < -0.39 is 6.04 Å². The maximum Gasteiger partial charge on any atom is 0.245 e. The first-order valence-electron chi connectivity index (χ1n) is 12.0. The summed E-state index contributed by atoms with van der Waals surface area (Å²) in [5.74, 6) is -0.0277. The molecule has 0 bridgehead atoms. The predicted octanol–water partition coefficient (Wildman–Crippen LogP) is 2.37. The maximum atomic E-state index is 13.3. The van der Waals surface area contributed by atoms with Crippen molar-refractivity contribution in [3.8, 4) is 0 Å². The van der Waals surface area contributed by atoms with E-state index in [1.807, 2.05) is 24.3 Å². The zero-order valence-electron chi connectivity index (χ0n) is 19.5. The Morgan fingerprint density at radius 3 is 2.39 bits per heavy atom. The van der Waals surface area contributed by atoms with Gasteiger partial charge in [-0.3, -0.25) is 14.5 Å². The van der Waals surface area contributed by atoms with Crippen molar-refractivity contribution in [3.05, 3.63) is 65.2 Å². The van der Waals surface area contributed by atoms with Crippen LogP contribution in [0.5, 0.6) is 0 Å². The van der Waals surface area contributed by atoms with Crippen LogP contribution < -0.4 is 4.90 Å². The molecule has 1 N–H and O–H groups in total. The molecule has 5 rings (SSSR count). The molecule has 2 aliphatic heterocycles. The summed E-state index contributed by atoms with van der Waals surface area (Å²) in [6.45, 7) is 2.42. The second-order valence-corrected chi connectivity index (χ2v) is 9.97. The number of rotatable bonds is 4. The van der Waals surface area contributed by atoms with Gasteiger partial charge in [-0.05, 0) is 55.1 Å². The van der Waals surface area contributed by atoms with Crippen LogP contribution in [-0.4, -0.2) is 72.6 Å². The van der Waals surface area contributed by atoms with Gasteiger partial charge in [-0.1, -0.05) is 42.5 Å². The number of carbonyl (C=O) groups excluding carboxylic acids is 2. The van der Waals surface area contributed by atoms with Crippen molar-refractivity contribution in [1.82, 2.24) is 9.80 Å². The van der Waals surface area contributed by atoms with Gasteiger partial charge in [0.2, 0.25) is 11.8 Å². The number of hydrogen-bond donors (Lipinski definition) is 1. The molecule has 0 saturated carbocycles. The highest BCUT2D eigenvalue weighted by Gasteiger charge is 2.47. The number of benzene rings is 2. The minimum atomic E-state index is -0.459. The zero-order chi connectivity index (χ0) is 23.2. The van der Waals surface area contributed by atoms with E-state index in [9.17, 15) is 14.7 Å². The lowest BCUT2D eigenvalue weighted by atomic mass is 9.72. The number of amides is 2. The number of fused-ring (bicyclic) bond motifs is 3. The average Bonchev–Trinajstić information content (AvgIpc) is 3.34. The molecule has 2 aromatic rings. The van der Waals surface area contributed by atoms with Crippen molar-refractivity contribution < 1.29 is 14.7 Å². The zero-order valence-corrected chi connectivity index (χ0v) is 19.5. The van der Waals surface area contributed by atoms with Crippen LogP contribution in [0.4, 0.5) is 5.69 Å². The van der Waals surface area contributed by atoms with Gasteiger partial charge in [0.05, 0.1) is 6.10 Å². The SMILES string of the molecule is CN(C)C(=O)C1Cc2ccccc2N1C(=O)CCN1CCC2(CC1)c1ccccc1CC2O. The molecule has 1 fully saturated rings. The molecule has 0 aromatic heterocycles. The number of piperidine rings is 1. The van der Waals surface area contributed by atoms with Crippen molar-refractivity contribution in [3.63, 3.8) is 0 Å². The molecule has 0 radical (unpaired) electrons. The summed E-state index contributed by atoms with van der Waals surface area (Å²) in [6, 6.07) is 15.8. The fourth-order valence-electron chi connectivity index (χ4n) is 6.11. The summed E-state index contributed by atoms with van der Waals surface area (Å²) in [4.78, 5) is 31.8.